The lowest BCUT2D eigenvalue weighted by Crippen LogP contribution is -2.39. The van der Waals surface area contributed by atoms with Gasteiger partial charge >= 0.3 is 6.18 Å². The monoisotopic (exact) mass is 209 g/mol. The summed E-state index contributed by atoms with van der Waals surface area (Å²) in [5.41, 5.74) is 0. The second-order valence-electron chi connectivity index (χ2n) is 3.86. The van der Waals surface area contributed by atoms with E-state index >= 15 is 0 Å². The number of hydrogen-bond donors (Lipinski definition) is 0. The zero-order valence-electron chi connectivity index (χ0n) is 8.10. The van der Waals surface area contributed by atoms with Crippen molar-refractivity contribution >= 4 is 5.91 Å². The van der Waals surface area contributed by atoms with Crippen molar-refractivity contribution < 1.29 is 18.0 Å². The molecule has 1 saturated heterocycles. The Kier molecular flexibility index (Phi) is 3.39. The van der Waals surface area contributed by atoms with Crippen LogP contribution in [0.5, 0.6) is 0 Å². The van der Waals surface area contributed by atoms with Crippen molar-refractivity contribution in [3.63, 3.8) is 0 Å². The molecule has 5 heteroatoms. The molecule has 0 bridgehead atoms. The Bertz CT molecular complexity index is 207. The van der Waals surface area contributed by atoms with E-state index in [2.05, 4.69) is 0 Å². The van der Waals surface area contributed by atoms with Crippen LogP contribution in [0, 0.1) is 5.92 Å². The second kappa shape index (κ2) is 4.19. The minimum atomic E-state index is -4.37. The quantitative estimate of drug-likeness (QED) is 0.648. The van der Waals surface area contributed by atoms with E-state index in [0.29, 0.717) is 19.0 Å². The number of likely N-dealkylation sites (tertiary alicyclic amines) is 1. The van der Waals surface area contributed by atoms with Gasteiger partial charge in [-0.05, 0) is 18.8 Å². The van der Waals surface area contributed by atoms with Crippen LogP contribution in [-0.4, -0.2) is 30.1 Å². The summed E-state index contributed by atoms with van der Waals surface area (Å²) in [4.78, 5) is 12.4. The van der Waals surface area contributed by atoms with Crippen molar-refractivity contribution in [1.29, 1.82) is 0 Å². The Morgan fingerprint density at radius 2 is 1.86 bits per heavy atom. The number of halogens is 3. The number of alkyl halides is 3. The van der Waals surface area contributed by atoms with E-state index in [0.717, 1.165) is 12.8 Å². The average molecular weight is 209 g/mol. The second-order valence-corrected chi connectivity index (χ2v) is 3.86. The molecule has 1 aliphatic rings. The Hall–Kier alpha value is -0.740. The molecule has 0 saturated carbocycles. The third-order valence-corrected chi connectivity index (χ3v) is 2.49. The molecule has 0 aliphatic carbocycles. The summed E-state index contributed by atoms with van der Waals surface area (Å²) in [6.45, 7) is 2.98. The first-order chi connectivity index (χ1) is 6.38. The highest BCUT2D eigenvalue weighted by molar-refractivity contribution is 5.76. The Morgan fingerprint density at radius 3 is 2.29 bits per heavy atom. The standard InChI is InChI=1S/C9H14F3NO/c1-7-2-4-13(5-3-7)8(14)6-9(10,11)12/h7H,2-6H2,1H3. The van der Waals surface area contributed by atoms with E-state index < -0.39 is 18.5 Å². The van der Waals surface area contributed by atoms with E-state index in [1.54, 1.807) is 0 Å². The predicted molar refractivity (Wildman–Crippen MR) is 45.7 cm³/mol. The lowest BCUT2D eigenvalue weighted by Gasteiger charge is -2.30. The van der Waals surface area contributed by atoms with Crippen LogP contribution >= 0.6 is 0 Å². The van der Waals surface area contributed by atoms with Crippen molar-refractivity contribution in [2.45, 2.75) is 32.4 Å². The summed E-state index contributed by atoms with van der Waals surface area (Å²) in [6, 6.07) is 0. The first-order valence-corrected chi connectivity index (χ1v) is 4.73. The van der Waals surface area contributed by atoms with Gasteiger partial charge in [-0.1, -0.05) is 6.92 Å². The van der Waals surface area contributed by atoms with Gasteiger partial charge in [-0.2, -0.15) is 13.2 Å². The van der Waals surface area contributed by atoms with Crippen molar-refractivity contribution in [3.8, 4) is 0 Å². The fourth-order valence-corrected chi connectivity index (χ4v) is 1.54. The number of carbonyl (C=O) groups excluding carboxylic acids is 1. The van der Waals surface area contributed by atoms with E-state index in [1.165, 1.54) is 4.90 Å². The van der Waals surface area contributed by atoms with Crippen LogP contribution in [0.1, 0.15) is 26.2 Å². The van der Waals surface area contributed by atoms with Gasteiger partial charge < -0.3 is 4.90 Å². The number of hydrogen-bond acceptors (Lipinski definition) is 1. The molecule has 2 nitrogen and oxygen atoms in total. The number of nitrogens with zero attached hydrogens (tertiary/aromatic N) is 1. The minimum absolute atomic E-state index is 0.468. The largest absolute Gasteiger partial charge is 0.397 e. The van der Waals surface area contributed by atoms with E-state index in [1.807, 2.05) is 6.92 Å². The average Bonchev–Trinajstić information content (AvgIpc) is 2.02. The zero-order valence-corrected chi connectivity index (χ0v) is 8.10. The highest BCUT2D eigenvalue weighted by Crippen LogP contribution is 2.23. The van der Waals surface area contributed by atoms with Crippen molar-refractivity contribution in [2.24, 2.45) is 5.92 Å². The normalized spacial score (nSPS) is 19.9. The maximum Gasteiger partial charge on any atom is 0.397 e. The molecule has 0 aromatic heterocycles. The summed E-state index contributed by atoms with van der Waals surface area (Å²) in [6.07, 6.45) is -4.07. The molecule has 0 aromatic carbocycles. The number of piperidine rings is 1. The fraction of sp³-hybridized carbons (Fsp3) is 0.889. The van der Waals surface area contributed by atoms with Crippen LogP contribution in [0.15, 0.2) is 0 Å². The fourth-order valence-electron chi connectivity index (χ4n) is 1.54. The maximum atomic E-state index is 11.9. The van der Waals surface area contributed by atoms with Crippen molar-refractivity contribution in [2.75, 3.05) is 13.1 Å². The molecule has 0 spiro atoms. The van der Waals surface area contributed by atoms with E-state index in [9.17, 15) is 18.0 Å². The molecule has 0 aromatic rings. The molecule has 0 radical (unpaired) electrons. The van der Waals surface area contributed by atoms with Gasteiger partial charge in [0.25, 0.3) is 0 Å². The molecule has 1 heterocycles. The minimum Gasteiger partial charge on any atom is -0.342 e. The zero-order chi connectivity index (χ0) is 10.8. The highest BCUT2D eigenvalue weighted by Gasteiger charge is 2.34. The van der Waals surface area contributed by atoms with Crippen LogP contribution in [0.2, 0.25) is 0 Å². The molecular weight excluding hydrogens is 195 g/mol. The van der Waals surface area contributed by atoms with Crippen LogP contribution in [0.25, 0.3) is 0 Å². The number of rotatable bonds is 1. The molecule has 1 rings (SSSR count). The first-order valence-electron chi connectivity index (χ1n) is 4.73. The van der Waals surface area contributed by atoms with Crippen LogP contribution in [-0.2, 0) is 4.79 Å². The predicted octanol–water partition coefficient (Wildman–Crippen LogP) is 2.20. The molecule has 0 N–H and O–H groups in total. The summed E-state index contributed by atoms with van der Waals surface area (Å²) in [7, 11) is 0. The molecule has 1 aliphatic heterocycles. The van der Waals surface area contributed by atoms with Crippen molar-refractivity contribution in [3.05, 3.63) is 0 Å². The summed E-state index contributed by atoms with van der Waals surface area (Å²) in [5.74, 6) is -0.269. The van der Waals surface area contributed by atoms with Gasteiger partial charge in [-0.3, -0.25) is 4.79 Å². The maximum absolute atomic E-state index is 11.9. The lowest BCUT2D eigenvalue weighted by atomic mass is 9.99. The first kappa shape index (κ1) is 11.3. The third-order valence-electron chi connectivity index (χ3n) is 2.49. The van der Waals surface area contributed by atoms with Crippen LogP contribution in [0.3, 0.4) is 0 Å². The molecular formula is C9H14F3NO. The number of amides is 1. The smallest absolute Gasteiger partial charge is 0.342 e. The molecule has 1 amide bonds. The molecule has 14 heavy (non-hydrogen) atoms. The van der Waals surface area contributed by atoms with Gasteiger partial charge in [0.15, 0.2) is 0 Å². The van der Waals surface area contributed by atoms with Gasteiger partial charge in [0.1, 0.15) is 6.42 Å². The van der Waals surface area contributed by atoms with E-state index in [-0.39, 0.29) is 0 Å². The lowest BCUT2D eigenvalue weighted by molar-refractivity contribution is -0.162. The Balaban J connectivity index is 2.38. The highest BCUT2D eigenvalue weighted by atomic mass is 19.4. The molecule has 0 unspecified atom stereocenters. The van der Waals surface area contributed by atoms with Gasteiger partial charge in [0.2, 0.25) is 5.91 Å². The van der Waals surface area contributed by atoms with Gasteiger partial charge in [-0.15, -0.1) is 0 Å². The van der Waals surface area contributed by atoms with Crippen LogP contribution < -0.4 is 0 Å². The SMILES string of the molecule is CC1CCN(C(=O)CC(F)(F)F)CC1. The van der Waals surface area contributed by atoms with E-state index in [4.69, 9.17) is 0 Å². The molecule has 82 valence electrons. The van der Waals surface area contributed by atoms with Gasteiger partial charge in [0, 0.05) is 13.1 Å². The third kappa shape index (κ3) is 3.55. The van der Waals surface area contributed by atoms with Crippen molar-refractivity contribution in [1.82, 2.24) is 4.90 Å². The topological polar surface area (TPSA) is 20.3 Å². The number of carbonyl (C=O) groups is 1. The summed E-state index contributed by atoms with van der Waals surface area (Å²) < 4.78 is 35.7. The van der Waals surface area contributed by atoms with Crippen LogP contribution in [0.4, 0.5) is 13.2 Å². The summed E-state index contributed by atoms with van der Waals surface area (Å²) in [5, 5.41) is 0. The summed E-state index contributed by atoms with van der Waals surface area (Å²) >= 11 is 0. The van der Waals surface area contributed by atoms with Gasteiger partial charge in [-0.25, -0.2) is 0 Å². The Morgan fingerprint density at radius 1 is 1.36 bits per heavy atom. The molecule has 0 atom stereocenters. The molecule has 1 fully saturated rings. The van der Waals surface area contributed by atoms with Gasteiger partial charge in [0.05, 0.1) is 0 Å². The Labute approximate surface area is 81.1 Å².